The number of carbonyl (C=O) groups excluding carboxylic acids is 2. The Balaban J connectivity index is 1.33. The molecule has 4 heterocycles. The monoisotopic (exact) mass is 570 g/mol. The number of anilines is 1. The average molecular weight is 571 g/mol. The molecule has 2 amide bonds. The van der Waals surface area contributed by atoms with Gasteiger partial charge in [-0.3, -0.25) is 14.5 Å². The van der Waals surface area contributed by atoms with E-state index in [1.807, 2.05) is 30.3 Å². The number of aromatic nitrogens is 5. The summed E-state index contributed by atoms with van der Waals surface area (Å²) in [7, 11) is 1.69. The van der Waals surface area contributed by atoms with Gasteiger partial charge in [0.1, 0.15) is 17.1 Å². The van der Waals surface area contributed by atoms with Crippen molar-refractivity contribution in [2.75, 3.05) is 17.2 Å². The van der Waals surface area contributed by atoms with Crippen LogP contribution in [0.5, 0.6) is 0 Å². The van der Waals surface area contributed by atoms with E-state index in [9.17, 15) is 19.5 Å². The van der Waals surface area contributed by atoms with Crippen LogP contribution in [0.3, 0.4) is 0 Å². The van der Waals surface area contributed by atoms with Crippen LogP contribution in [0.15, 0.2) is 58.2 Å². The molecule has 2 aliphatic heterocycles. The first kappa shape index (κ1) is 25.9. The van der Waals surface area contributed by atoms with E-state index in [0.717, 1.165) is 5.56 Å². The van der Waals surface area contributed by atoms with Crippen molar-refractivity contribution in [3.8, 4) is 0 Å². The number of thioether (sulfide) groups is 2. The van der Waals surface area contributed by atoms with E-state index in [0.29, 0.717) is 45.1 Å². The molecule has 0 spiro atoms. The third-order valence-electron chi connectivity index (χ3n) is 5.92. The summed E-state index contributed by atoms with van der Waals surface area (Å²) in [5.74, 6) is -1.44. The number of aryl methyl sites for hydroxylation is 1. The predicted molar refractivity (Wildman–Crippen MR) is 144 cm³/mol. The summed E-state index contributed by atoms with van der Waals surface area (Å²) in [4.78, 5) is 44.1. The number of aliphatic carboxylic acids is 1. The van der Waals surface area contributed by atoms with Gasteiger partial charge in [-0.1, -0.05) is 48.2 Å². The molecule has 3 aromatic rings. The fourth-order valence-electron chi connectivity index (χ4n) is 4.07. The van der Waals surface area contributed by atoms with Crippen molar-refractivity contribution in [1.82, 2.24) is 35.4 Å². The number of thiazole rings is 1. The maximum Gasteiger partial charge on any atom is 0.352 e. The number of amides is 2. The molecule has 4 N–H and O–H groups in total. The molecule has 2 aliphatic rings. The number of tetrazole rings is 1. The normalized spacial score (nSPS) is 19.2. The average Bonchev–Trinajstić information content (AvgIpc) is 3.53. The number of benzene rings is 1. The van der Waals surface area contributed by atoms with Gasteiger partial charge in [-0.25, -0.2) is 14.5 Å². The SMILES string of the molecule is Cn1nnnc1SCC1=C(C(=O)O)N2C(=O)[C@@H](NC(=O)/C(=C\Cc3ccccc3)c3csc(N)n3)[C@H]2SC1. The predicted octanol–water partition coefficient (Wildman–Crippen LogP) is 1.41. The molecule has 5 rings (SSSR count). The van der Waals surface area contributed by atoms with Gasteiger partial charge in [0.25, 0.3) is 11.8 Å². The first-order chi connectivity index (χ1) is 18.3. The Labute approximate surface area is 229 Å². The van der Waals surface area contributed by atoms with Gasteiger partial charge in [0.15, 0.2) is 5.13 Å². The largest absolute Gasteiger partial charge is 0.477 e. The summed E-state index contributed by atoms with van der Waals surface area (Å²) in [5, 5.41) is 26.0. The smallest absolute Gasteiger partial charge is 0.352 e. The standard InChI is InChI=1S/C23H22N8O4S3/c1-30-23(27-28-29-30)38-10-13-9-36-20-16(19(33)31(20)17(13)21(34)35)26-18(32)14(15-11-37-22(24)25-15)8-7-12-5-3-2-4-6-12/h2-6,8,11,16,20H,7,9-10H2,1H3,(H2,24,25)(H,26,32)(H,34,35)/b14-8-/t16-,20-/m1/s1. The van der Waals surface area contributed by atoms with Crippen LogP contribution in [0, 0.1) is 0 Å². The van der Waals surface area contributed by atoms with E-state index >= 15 is 0 Å². The van der Waals surface area contributed by atoms with Gasteiger partial charge in [-0.2, -0.15) is 0 Å². The lowest BCUT2D eigenvalue weighted by molar-refractivity contribution is -0.150. The summed E-state index contributed by atoms with van der Waals surface area (Å²) in [6.07, 6.45) is 2.24. The van der Waals surface area contributed by atoms with Gasteiger partial charge in [0, 0.05) is 23.9 Å². The number of nitrogens with one attached hydrogen (secondary N) is 1. The van der Waals surface area contributed by atoms with E-state index in [2.05, 4.69) is 25.8 Å². The molecule has 0 unspecified atom stereocenters. The van der Waals surface area contributed by atoms with Crippen molar-refractivity contribution >= 4 is 63.3 Å². The van der Waals surface area contributed by atoms with Crippen LogP contribution in [0.4, 0.5) is 5.13 Å². The molecule has 0 radical (unpaired) electrons. The van der Waals surface area contributed by atoms with E-state index < -0.39 is 29.2 Å². The Morgan fingerprint density at radius 3 is 2.76 bits per heavy atom. The molecular formula is C23H22N8O4S3. The van der Waals surface area contributed by atoms with E-state index in [4.69, 9.17) is 5.73 Å². The molecule has 0 bridgehead atoms. The Kier molecular flexibility index (Phi) is 7.49. The lowest BCUT2D eigenvalue weighted by Gasteiger charge is -2.49. The molecule has 1 saturated heterocycles. The molecule has 0 saturated carbocycles. The highest BCUT2D eigenvalue weighted by molar-refractivity contribution is 8.01. The first-order valence-electron chi connectivity index (χ1n) is 11.3. The van der Waals surface area contributed by atoms with Gasteiger partial charge in [0.2, 0.25) is 5.16 Å². The summed E-state index contributed by atoms with van der Waals surface area (Å²) >= 11 is 3.91. The van der Waals surface area contributed by atoms with E-state index in [1.165, 1.54) is 44.4 Å². The molecule has 15 heteroatoms. The second-order valence-electron chi connectivity index (χ2n) is 8.37. The minimum Gasteiger partial charge on any atom is -0.477 e. The van der Waals surface area contributed by atoms with Gasteiger partial charge in [0.05, 0.1) is 11.3 Å². The van der Waals surface area contributed by atoms with E-state index in [1.54, 1.807) is 18.5 Å². The van der Waals surface area contributed by atoms with Crippen LogP contribution < -0.4 is 11.1 Å². The lowest BCUT2D eigenvalue weighted by atomic mass is 10.0. The quantitative estimate of drug-likeness (QED) is 0.193. The highest BCUT2D eigenvalue weighted by atomic mass is 32.2. The number of hydrogen-bond acceptors (Lipinski definition) is 11. The highest BCUT2D eigenvalue weighted by Crippen LogP contribution is 2.41. The minimum atomic E-state index is -1.19. The number of nitrogens with zero attached hydrogens (tertiary/aromatic N) is 6. The van der Waals surface area contributed by atoms with Crippen LogP contribution in [0.2, 0.25) is 0 Å². The summed E-state index contributed by atoms with van der Waals surface area (Å²) < 4.78 is 1.49. The van der Waals surface area contributed by atoms with Crippen LogP contribution in [0.25, 0.3) is 5.57 Å². The van der Waals surface area contributed by atoms with Crippen molar-refractivity contribution in [1.29, 1.82) is 0 Å². The Bertz CT molecular complexity index is 1450. The number of nitrogen functional groups attached to an aromatic ring is 1. The molecular weight excluding hydrogens is 549 g/mol. The molecule has 38 heavy (non-hydrogen) atoms. The van der Waals surface area contributed by atoms with Gasteiger partial charge in [-0.05, 0) is 28.0 Å². The molecule has 2 aromatic heterocycles. The second kappa shape index (κ2) is 11.0. The zero-order valence-electron chi connectivity index (χ0n) is 20.0. The molecule has 12 nitrogen and oxygen atoms in total. The van der Waals surface area contributed by atoms with Gasteiger partial charge < -0.3 is 16.2 Å². The minimum absolute atomic E-state index is 0.0565. The number of β-lactam (4-membered cyclic amide) rings is 1. The van der Waals surface area contributed by atoms with Crippen molar-refractivity contribution in [2.45, 2.75) is 23.0 Å². The van der Waals surface area contributed by atoms with Crippen LogP contribution >= 0.6 is 34.9 Å². The lowest BCUT2D eigenvalue weighted by Crippen LogP contribution is -2.70. The van der Waals surface area contributed by atoms with Crippen LogP contribution in [-0.2, 0) is 27.9 Å². The fraction of sp³-hybridized carbons (Fsp3) is 0.261. The zero-order chi connectivity index (χ0) is 26.8. The fourth-order valence-corrected chi connectivity index (χ4v) is 6.97. The number of nitrogens with two attached hydrogens (primary N) is 1. The maximum absolute atomic E-state index is 13.4. The zero-order valence-corrected chi connectivity index (χ0v) is 22.4. The number of hydrogen-bond donors (Lipinski definition) is 3. The third kappa shape index (κ3) is 5.16. The number of rotatable bonds is 9. The Morgan fingerprint density at radius 1 is 1.32 bits per heavy atom. The Morgan fingerprint density at radius 2 is 2.11 bits per heavy atom. The molecule has 2 atom stereocenters. The van der Waals surface area contributed by atoms with Crippen molar-refractivity contribution < 1.29 is 19.5 Å². The molecule has 0 aliphatic carbocycles. The maximum atomic E-state index is 13.4. The van der Waals surface area contributed by atoms with Crippen molar-refractivity contribution in [2.24, 2.45) is 7.05 Å². The molecule has 196 valence electrons. The van der Waals surface area contributed by atoms with Gasteiger partial charge >= 0.3 is 5.97 Å². The second-order valence-corrected chi connectivity index (χ2v) is 11.3. The van der Waals surface area contributed by atoms with Crippen molar-refractivity contribution in [3.63, 3.8) is 0 Å². The number of allylic oxidation sites excluding steroid dienone is 1. The topological polar surface area (TPSA) is 169 Å². The molecule has 1 fully saturated rings. The summed E-state index contributed by atoms with van der Waals surface area (Å²) in [6, 6.07) is 8.77. The number of carbonyl (C=O) groups is 3. The number of carboxylic acid groups (broad SMARTS) is 1. The first-order valence-corrected chi connectivity index (χ1v) is 14.3. The van der Waals surface area contributed by atoms with Crippen LogP contribution in [-0.4, -0.2) is 75.9 Å². The van der Waals surface area contributed by atoms with Crippen LogP contribution in [0.1, 0.15) is 11.3 Å². The van der Waals surface area contributed by atoms with E-state index in [-0.39, 0.29) is 5.70 Å². The molecule has 1 aromatic carbocycles. The van der Waals surface area contributed by atoms with Gasteiger partial charge in [-0.15, -0.1) is 28.2 Å². The van der Waals surface area contributed by atoms with Crippen molar-refractivity contribution in [3.05, 3.63) is 64.3 Å². The summed E-state index contributed by atoms with van der Waals surface area (Å²) in [6.45, 7) is 0. The number of fused-ring (bicyclic) bond motifs is 1. The third-order valence-corrected chi connectivity index (χ3v) is 9.03. The Hall–Kier alpha value is -3.69. The highest BCUT2D eigenvalue weighted by Gasteiger charge is 2.54. The number of carboxylic acids is 1. The summed E-state index contributed by atoms with van der Waals surface area (Å²) in [5.41, 5.74) is 8.07.